The summed E-state index contributed by atoms with van der Waals surface area (Å²) < 4.78 is 5.30. The maximum atomic E-state index is 12.1. The summed E-state index contributed by atoms with van der Waals surface area (Å²) in [6, 6.07) is 9.98. The Balaban J connectivity index is 1.69. The fraction of sp³-hybridized carbons (Fsp3) is 0.556. The van der Waals surface area contributed by atoms with Gasteiger partial charge < -0.3 is 15.0 Å². The van der Waals surface area contributed by atoms with Crippen LogP contribution in [0.5, 0.6) is 0 Å². The van der Waals surface area contributed by atoms with E-state index >= 15 is 0 Å². The van der Waals surface area contributed by atoms with E-state index < -0.39 is 0 Å². The molecule has 1 aromatic rings. The van der Waals surface area contributed by atoms with Crippen LogP contribution in [0.15, 0.2) is 30.3 Å². The molecule has 6 heteroatoms. The number of rotatable bonds is 8. The Kier molecular flexibility index (Phi) is 7.71. The van der Waals surface area contributed by atoms with Crippen LogP contribution in [0.1, 0.15) is 12.5 Å². The Bertz CT molecular complexity index is 516. The highest BCUT2D eigenvalue weighted by atomic mass is 16.5. The van der Waals surface area contributed by atoms with Crippen LogP contribution in [0, 0.1) is 0 Å². The number of hydrogen-bond acceptors (Lipinski definition) is 4. The van der Waals surface area contributed by atoms with Gasteiger partial charge in [-0.25, -0.2) is 0 Å². The van der Waals surface area contributed by atoms with Gasteiger partial charge in [-0.2, -0.15) is 0 Å². The second-order valence-electron chi connectivity index (χ2n) is 5.98. The summed E-state index contributed by atoms with van der Waals surface area (Å²) in [6.07, 6.45) is 0.751. The van der Waals surface area contributed by atoms with Gasteiger partial charge in [0, 0.05) is 39.6 Å². The molecule has 0 aromatic heterocycles. The van der Waals surface area contributed by atoms with Gasteiger partial charge >= 0.3 is 0 Å². The Hall–Kier alpha value is -1.92. The fourth-order valence-corrected chi connectivity index (χ4v) is 2.66. The second kappa shape index (κ2) is 10.1. The monoisotopic (exact) mass is 333 g/mol. The molecule has 6 nitrogen and oxygen atoms in total. The number of carbonyl (C=O) groups is 2. The smallest absolute Gasteiger partial charge is 0.239 e. The van der Waals surface area contributed by atoms with Crippen molar-refractivity contribution in [3.8, 4) is 0 Å². The molecule has 0 bridgehead atoms. The van der Waals surface area contributed by atoms with E-state index in [1.807, 2.05) is 30.3 Å². The minimum Gasteiger partial charge on any atom is -0.379 e. The zero-order valence-electron chi connectivity index (χ0n) is 14.4. The predicted octanol–water partition coefficient (Wildman–Crippen LogP) is 0.526. The summed E-state index contributed by atoms with van der Waals surface area (Å²) in [7, 11) is 0. The lowest BCUT2D eigenvalue weighted by Crippen LogP contribution is -2.44. The molecule has 1 heterocycles. The molecular weight excluding hydrogens is 306 g/mol. The van der Waals surface area contributed by atoms with Gasteiger partial charge in [-0.1, -0.05) is 30.3 Å². The van der Waals surface area contributed by atoms with Crippen molar-refractivity contribution in [2.75, 3.05) is 52.5 Å². The average molecular weight is 333 g/mol. The zero-order chi connectivity index (χ0) is 17.2. The summed E-state index contributed by atoms with van der Waals surface area (Å²) in [5, 5.41) is 2.90. The minimum absolute atomic E-state index is 0.0748. The standard InChI is InChI=1S/C18H27N3O3/c1-16(22)21(9-7-17-5-3-2-4-6-17)15-18(23)19-8-10-20-11-13-24-14-12-20/h2-6H,7-15H2,1H3,(H,19,23). The SMILES string of the molecule is CC(=O)N(CCc1ccccc1)CC(=O)NCCN1CCOCC1. The molecule has 1 N–H and O–H groups in total. The van der Waals surface area contributed by atoms with Crippen LogP contribution in [0.3, 0.4) is 0 Å². The Morgan fingerprint density at radius 1 is 1.21 bits per heavy atom. The van der Waals surface area contributed by atoms with Gasteiger partial charge in [0.2, 0.25) is 11.8 Å². The lowest BCUT2D eigenvalue weighted by Gasteiger charge is -2.26. The van der Waals surface area contributed by atoms with Crippen molar-refractivity contribution in [2.24, 2.45) is 0 Å². The normalized spacial score (nSPS) is 15.0. The zero-order valence-corrected chi connectivity index (χ0v) is 14.4. The average Bonchev–Trinajstić information content (AvgIpc) is 2.60. The molecule has 1 aromatic carbocycles. The van der Waals surface area contributed by atoms with Crippen molar-refractivity contribution in [1.82, 2.24) is 15.1 Å². The van der Waals surface area contributed by atoms with Gasteiger partial charge in [0.25, 0.3) is 0 Å². The molecular formula is C18H27N3O3. The van der Waals surface area contributed by atoms with Gasteiger partial charge in [0.15, 0.2) is 0 Å². The molecule has 2 amide bonds. The van der Waals surface area contributed by atoms with Crippen LogP contribution in [-0.4, -0.2) is 74.1 Å². The molecule has 0 spiro atoms. The third kappa shape index (κ3) is 6.68. The maximum absolute atomic E-state index is 12.1. The van der Waals surface area contributed by atoms with Crippen molar-refractivity contribution in [3.63, 3.8) is 0 Å². The van der Waals surface area contributed by atoms with Gasteiger partial charge in [-0.3, -0.25) is 14.5 Å². The highest BCUT2D eigenvalue weighted by Gasteiger charge is 2.14. The first-order valence-electron chi connectivity index (χ1n) is 8.51. The van der Waals surface area contributed by atoms with Crippen molar-refractivity contribution in [3.05, 3.63) is 35.9 Å². The van der Waals surface area contributed by atoms with E-state index in [4.69, 9.17) is 4.74 Å². The lowest BCUT2D eigenvalue weighted by molar-refractivity contribution is -0.134. The summed E-state index contributed by atoms with van der Waals surface area (Å²) >= 11 is 0. The maximum Gasteiger partial charge on any atom is 0.239 e. The summed E-state index contributed by atoms with van der Waals surface area (Å²) in [4.78, 5) is 27.7. The van der Waals surface area contributed by atoms with Crippen LogP contribution >= 0.6 is 0 Å². The van der Waals surface area contributed by atoms with Gasteiger partial charge in [-0.15, -0.1) is 0 Å². The molecule has 1 aliphatic rings. The number of hydrogen-bond donors (Lipinski definition) is 1. The lowest BCUT2D eigenvalue weighted by atomic mass is 10.1. The molecule has 1 saturated heterocycles. The highest BCUT2D eigenvalue weighted by Crippen LogP contribution is 2.02. The van der Waals surface area contributed by atoms with E-state index in [0.29, 0.717) is 13.1 Å². The summed E-state index contributed by atoms with van der Waals surface area (Å²) in [5.74, 6) is -0.180. The van der Waals surface area contributed by atoms with E-state index in [0.717, 1.165) is 44.8 Å². The minimum atomic E-state index is -0.105. The predicted molar refractivity (Wildman–Crippen MR) is 92.7 cm³/mol. The number of ether oxygens (including phenoxy) is 1. The molecule has 1 aliphatic heterocycles. The summed E-state index contributed by atoms with van der Waals surface area (Å²) in [6.45, 7) is 6.92. The highest BCUT2D eigenvalue weighted by molar-refractivity contribution is 5.83. The molecule has 1 fully saturated rings. The Morgan fingerprint density at radius 2 is 1.92 bits per heavy atom. The van der Waals surface area contributed by atoms with Gasteiger partial charge in [0.05, 0.1) is 19.8 Å². The van der Waals surface area contributed by atoms with Crippen LogP contribution in [0.4, 0.5) is 0 Å². The molecule has 0 aliphatic carbocycles. The number of nitrogens with zero attached hydrogens (tertiary/aromatic N) is 2. The van der Waals surface area contributed by atoms with Crippen molar-refractivity contribution in [2.45, 2.75) is 13.3 Å². The third-order valence-electron chi connectivity index (χ3n) is 4.15. The van der Waals surface area contributed by atoms with Gasteiger partial charge in [0.1, 0.15) is 0 Å². The topological polar surface area (TPSA) is 61.9 Å². The molecule has 0 saturated carbocycles. The number of benzene rings is 1. The van der Waals surface area contributed by atoms with E-state index in [-0.39, 0.29) is 18.4 Å². The third-order valence-corrected chi connectivity index (χ3v) is 4.15. The Morgan fingerprint density at radius 3 is 2.58 bits per heavy atom. The summed E-state index contributed by atoms with van der Waals surface area (Å²) in [5.41, 5.74) is 1.16. The van der Waals surface area contributed by atoms with Crippen LogP contribution < -0.4 is 5.32 Å². The van der Waals surface area contributed by atoms with Crippen molar-refractivity contribution >= 4 is 11.8 Å². The molecule has 0 radical (unpaired) electrons. The van der Waals surface area contributed by atoms with Crippen molar-refractivity contribution in [1.29, 1.82) is 0 Å². The number of nitrogens with one attached hydrogen (secondary N) is 1. The first-order chi connectivity index (χ1) is 11.6. The molecule has 0 atom stereocenters. The first kappa shape index (κ1) is 18.4. The second-order valence-corrected chi connectivity index (χ2v) is 5.98. The van der Waals surface area contributed by atoms with Gasteiger partial charge in [-0.05, 0) is 12.0 Å². The Labute approximate surface area is 143 Å². The van der Waals surface area contributed by atoms with E-state index in [2.05, 4.69) is 10.2 Å². The quantitative estimate of drug-likeness (QED) is 0.754. The molecule has 0 unspecified atom stereocenters. The van der Waals surface area contributed by atoms with E-state index in [1.165, 1.54) is 6.92 Å². The van der Waals surface area contributed by atoms with Crippen LogP contribution in [0.25, 0.3) is 0 Å². The number of morpholine rings is 1. The molecule has 132 valence electrons. The number of amides is 2. The van der Waals surface area contributed by atoms with E-state index in [1.54, 1.807) is 4.90 Å². The first-order valence-corrected chi connectivity index (χ1v) is 8.51. The van der Waals surface area contributed by atoms with Crippen LogP contribution in [-0.2, 0) is 20.7 Å². The fourth-order valence-electron chi connectivity index (χ4n) is 2.66. The largest absolute Gasteiger partial charge is 0.379 e. The van der Waals surface area contributed by atoms with Crippen molar-refractivity contribution < 1.29 is 14.3 Å². The molecule has 24 heavy (non-hydrogen) atoms. The molecule has 2 rings (SSSR count). The van der Waals surface area contributed by atoms with Crippen LogP contribution in [0.2, 0.25) is 0 Å². The van der Waals surface area contributed by atoms with E-state index in [9.17, 15) is 9.59 Å². The number of carbonyl (C=O) groups excluding carboxylic acids is 2.